The molecule has 0 saturated heterocycles. The summed E-state index contributed by atoms with van der Waals surface area (Å²) in [6, 6.07) is 14.8. The number of hydrogen-bond acceptors (Lipinski definition) is 5. The summed E-state index contributed by atoms with van der Waals surface area (Å²) in [5.74, 6) is 0.520. The maximum absolute atomic E-state index is 15.0. The first-order valence-corrected chi connectivity index (χ1v) is 9.60. The van der Waals surface area contributed by atoms with Crippen molar-refractivity contribution in [3.8, 4) is 12.1 Å². The van der Waals surface area contributed by atoms with Crippen LogP contribution in [0.3, 0.4) is 0 Å². The number of aliphatic hydroxyl groups is 1. The number of pyridine rings is 1. The number of aromatic nitrogens is 1. The van der Waals surface area contributed by atoms with Crippen molar-refractivity contribution >= 4 is 5.87 Å². The van der Waals surface area contributed by atoms with Crippen LogP contribution in [0, 0.1) is 39.8 Å². The standard InChI is InChI=1S/C23H19FN5O/c24-19-7-3-2-6-17(19)20-18(14-27)21(15(12-25)13-26)28-23(30,16-8-9-16)22(20)29-10-4-1-5-11-29/h1-7,10-11,16,20,22,25,28,30H,8-9H2/q+1. The van der Waals surface area contributed by atoms with Crippen LogP contribution in [-0.2, 0) is 0 Å². The second-order valence-electron chi connectivity index (χ2n) is 7.50. The van der Waals surface area contributed by atoms with E-state index in [2.05, 4.69) is 11.4 Å². The van der Waals surface area contributed by atoms with E-state index in [9.17, 15) is 20.0 Å². The third-order valence-corrected chi connectivity index (χ3v) is 5.78. The van der Waals surface area contributed by atoms with Gasteiger partial charge >= 0.3 is 0 Å². The lowest BCUT2D eigenvalue weighted by Crippen LogP contribution is -2.66. The van der Waals surface area contributed by atoms with Crippen LogP contribution in [0.25, 0.3) is 0 Å². The molecule has 2 aliphatic rings. The van der Waals surface area contributed by atoms with Gasteiger partial charge in [-0.05, 0) is 24.8 Å². The van der Waals surface area contributed by atoms with E-state index in [1.165, 1.54) is 6.07 Å². The number of rotatable bonds is 4. The molecule has 30 heavy (non-hydrogen) atoms. The van der Waals surface area contributed by atoms with Crippen LogP contribution >= 0.6 is 0 Å². The zero-order valence-corrected chi connectivity index (χ0v) is 16.0. The summed E-state index contributed by atoms with van der Waals surface area (Å²) in [7, 11) is 0. The average molecular weight is 400 g/mol. The molecule has 148 valence electrons. The minimum atomic E-state index is -1.55. The molecule has 1 aliphatic heterocycles. The number of hydrogen-bond donors (Lipinski definition) is 3. The lowest BCUT2D eigenvalue weighted by molar-refractivity contribution is -0.742. The molecule has 3 unspecified atom stereocenters. The quantitative estimate of drug-likeness (QED) is 0.416. The molecule has 3 N–H and O–H groups in total. The molecule has 0 amide bonds. The molecule has 2 aromatic rings. The lowest BCUT2D eigenvalue weighted by Gasteiger charge is -2.43. The Balaban J connectivity index is 2.06. The first-order chi connectivity index (χ1) is 14.5. The molecular weight excluding hydrogens is 381 g/mol. The van der Waals surface area contributed by atoms with Gasteiger partial charge in [0, 0.05) is 23.6 Å². The molecule has 7 heteroatoms. The largest absolute Gasteiger partial charge is 0.365 e. The Morgan fingerprint density at radius 1 is 1.17 bits per heavy atom. The molecule has 1 aromatic heterocycles. The number of benzene rings is 1. The molecular formula is C23H19FN5O+. The van der Waals surface area contributed by atoms with Crippen LogP contribution in [0.15, 0.2) is 71.7 Å². The number of nitriles is 2. The maximum Gasteiger partial charge on any atom is 0.217 e. The van der Waals surface area contributed by atoms with E-state index in [0.29, 0.717) is 0 Å². The van der Waals surface area contributed by atoms with Gasteiger partial charge in [0.05, 0.1) is 23.3 Å². The molecule has 0 radical (unpaired) electrons. The Bertz CT molecular complexity index is 1150. The number of allylic oxidation sites excluding steroid dienone is 2. The van der Waals surface area contributed by atoms with E-state index in [1.54, 1.807) is 47.3 Å². The molecule has 3 atom stereocenters. The molecule has 1 saturated carbocycles. The van der Waals surface area contributed by atoms with E-state index in [0.717, 1.165) is 12.8 Å². The Morgan fingerprint density at radius 2 is 1.87 bits per heavy atom. The Morgan fingerprint density at radius 3 is 2.43 bits per heavy atom. The molecule has 1 fully saturated rings. The van der Waals surface area contributed by atoms with Gasteiger partial charge in [-0.2, -0.15) is 15.1 Å². The van der Waals surface area contributed by atoms with Gasteiger partial charge in [0.25, 0.3) is 0 Å². The van der Waals surface area contributed by atoms with Gasteiger partial charge in [0.2, 0.25) is 11.8 Å². The monoisotopic (exact) mass is 400 g/mol. The smallest absolute Gasteiger partial charge is 0.217 e. The van der Waals surface area contributed by atoms with E-state index < -0.39 is 23.5 Å². The van der Waals surface area contributed by atoms with Crippen molar-refractivity contribution in [2.75, 3.05) is 0 Å². The Kier molecular flexibility index (Phi) is 4.93. The predicted molar refractivity (Wildman–Crippen MR) is 105 cm³/mol. The fourth-order valence-electron chi connectivity index (χ4n) is 4.29. The average Bonchev–Trinajstić information content (AvgIpc) is 3.61. The van der Waals surface area contributed by atoms with E-state index >= 15 is 0 Å². The van der Waals surface area contributed by atoms with E-state index in [1.807, 2.05) is 18.0 Å². The molecule has 6 nitrogen and oxygen atoms in total. The topological polar surface area (TPSA) is 108 Å². The number of nitrogens with zero attached hydrogens (tertiary/aromatic N) is 3. The zero-order valence-electron chi connectivity index (χ0n) is 16.0. The van der Waals surface area contributed by atoms with Crippen molar-refractivity contribution in [1.82, 2.24) is 5.32 Å². The second kappa shape index (κ2) is 7.57. The van der Waals surface area contributed by atoms with Gasteiger partial charge in [-0.25, -0.2) is 4.39 Å². The Hall–Kier alpha value is -3.77. The van der Waals surface area contributed by atoms with Gasteiger partial charge in [-0.15, -0.1) is 0 Å². The van der Waals surface area contributed by atoms with Crippen molar-refractivity contribution in [1.29, 1.82) is 15.9 Å². The summed E-state index contributed by atoms with van der Waals surface area (Å²) in [5, 5.41) is 41.9. The second-order valence-corrected chi connectivity index (χ2v) is 7.50. The van der Waals surface area contributed by atoms with Crippen LogP contribution in [-0.4, -0.2) is 16.7 Å². The highest BCUT2D eigenvalue weighted by Gasteiger charge is 2.61. The Labute approximate surface area is 173 Å². The first kappa shape index (κ1) is 19.5. The fraction of sp³-hybridized carbons (Fsp3) is 0.261. The van der Waals surface area contributed by atoms with E-state index in [4.69, 9.17) is 5.41 Å². The normalized spacial score (nSPS) is 25.5. The van der Waals surface area contributed by atoms with Crippen molar-refractivity contribution in [3.63, 3.8) is 0 Å². The van der Waals surface area contributed by atoms with Crippen LogP contribution in [0.2, 0.25) is 0 Å². The van der Waals surface area contributed by atoms with Gasteiger partial charge in [-0.1, -0.05) is 24.3 Å². The van der Waals surface area contributed by atoms with Crippen LogP contribution in [0.5, 0.6) is 0 Å². The first-order valence-electron chi connectivity index (χ1n) is 9.60. The minimum Gasteiger partial charge on any atom is -0.365 e. The summed E-state index contributed by atoms with van der Waals surface area (Å²) < 4.78 is 16.7. The summed E-state index contributed by atoms with van der Waals surface area (Å²) in [6.45, 7) is 0. The SMILES string of the molecule is N#CC(=C=N)C1=C(C#N)C(c2ccccc2F)C([n+]2ccccc2)C(O)(C2CC2)N1. The van der Waals surface area contributed by atoms with Crippen molar-refractivity contribution in [2.45, 2.75) is 30.5 Å². The fourth-order valence-corrected chi connectivity index (χ4v) is 4.29. The van der Waals surface area contributed by atoms with Gasteiger partial charge in [-0.3, -0.25) is 5.41 Å². The predicted octanol–water partition coefficient (Wildman–Crippen LogP) is 2.62. The summed E-state index contributed by atoms with van der Waals surface area (Å²) in [5.41, 5.74) is -1.39. The molecule has 2 heterocycles. The third kappa shape index (κ3) is 3.07. The van der Waals surface area contributed by atoms with Crippen molar-refractivity contribution in [2.24, 2.45) is 5.92 Å². The van der Waals surface area contributed by atoms with Gasteiger partial charge in [0.1, 0.15) is 17.5 Å². The van der Waals surface area contributed by atoms with Crippen LogP contribution in [0.4, 0.5) is 4.39 Å². The van der Waals surface area contributed by atoms with Crippen LogP contribution < -0.4 is 9.88 Å². The lowest BCUT2D eigenvalue weighted by atomic mass is 9.73. The number of halogens is 1. The van der Waals surface area contributed by atoms with Crippen LogP contribution in [0.1, 0.15) is 30.4 Å². The molecule has 4 rings (SSSR count). The highest BCUT2D eigenvalue weighted by atomic mass is 19.1. The summed E-state index contributed by atoms with van der Waals surface area (Å²) in [6.07, 6.45) is 5.04. The molecule has 0 bridgehead atoms. The molecule has 0 spiro atoms. The minimum absolute atomic E-state index is 0.0328. The van der Waals surface area contributed by atoms with Crippen molar-refractivity contribution < 1.29 is 14.1 Å². The van der Waals surface area contributed by atoms with Gasteiger partial charge in [0.15, 0.2) is 12.4 Å². The van der Waals surface area contributed by atoms with E-state index in [-0.39, 0.29) is 28.3 Å². The molecule has 1 aliphatic carbocycles. The maximum atomic E-state index is 15.0. The summed E-state index contributed by atoms with van der Waals surface area (Å²) in [4.78, 5) is 0. The highest BCUT2D eigenvalue weighted by molar-refractivity contribution is 5.71. The van der Waals surface area contributed by atoms with Gasteiger partial charge < -0.3 is 10.4 Å². The third-order valence-electron chi connectivity index (χ3n) is 5.78. The molecule has 1 aromatic carbocycles. The summed E-state index contributed by atoms with van der Waals surface area (Å²) >= 11 is 0. The highest BCUT2D eigenvalue weighted by Crippen LogP contribution is 2.52. The number of nitrogens with one attached hydrogen (secondary N) is 2. The van der Waals surface area contributed by atoms with Crippen molar-refractivity contribution in [3.05, 3.63) is 83.1 Å². The zero-order chi connectivity index (χ0) is 21.3.